The van der Waals surface area contributed by atoms with Crippen molar-refractivity contribution in [2.75, 3.05) is 19.6 Å². The third-order valence-corrected chi connectivity index (χ3v) is 5.68. The van der Waals surface area contributed by atoms with Gasteiger partial charge in [-0.05, 0) is 44.8 Å². The van der Waals surface area contributed by atoms with Crippen molar-refractivity contribution in [3.8, 4) is 0 Å². The predicted molar refractivity (Wildman–Crippen MR) is 91.8 cm³/mol. The van der Waals surface area contributed by atoms with Crippen LogP contribution in [0.1, 0.15) is 70.1 Å². The van der Waals surface area contributed by atoms with Crippen molar-refractivity contribution >= 4 is 11.3 Å². The summed E-state index contributed by atoms with van der Waals surface area (Å²) in [5, 5.41) is 3.52. The summed E-state index contributed by atoms with van der Waals surface area (Å²) >= 11 is 1.81. The lowest BCUT2D eigenvalue weighted by atomic mass is 9.92. The molecule has 0 saturated carbocycles. The number of nitrogens with zero attached hydrogens (tertiary/aromatic N) is 2. The highest BCUT2D eigenvalue weighted by atomic mass is 32.1. The number of hydrogen-bond donors (Lipinski definition) is 1. The Bertz CT molecular complexity index is 435. The molecule has 2 N–H and O–H groups in total. The number of hydrogen-bond acceptors (Lipinski definition) is 4. The molecule has 21 heavy (non-hydrogen) atoms. The van der Waals surface area contributed by atoms with E-state index in [0.29, 0.717) is 12.0 Å². The molecule has 2 heterocycles. The lowest BCUT2D eigenvalue weighted by Crippen LogP contribution is -2.36. The molecule has 2 rings (SSSR count). The Balaban J connectivity index is 2.30. The van der Waals surface area contributed by atoms with Crippen LogP contribution in [0.4, 0.5) is 0 Å². The number of aromatic nitrogens is 1. The fourth-order valence-corrected chi connectivity index (χ4v) is 4.23. The minimum Gasteiger partial charge on any atom is -0.330 e. The van der Waals surface area contributed by atoms with Crippen molar-refractivity contribution in [1.29, 1.82) is 0 Å². The van der Waals surface area contributed by atoms with Crippen molar-refractivity contribution < 1.29 is 0 Å². The Labute approximate surface area is 133 Å². The largest absolute Gasteiger partial charge is 0.330 e. The van der Waals surface area contributed by atoms with Gasteiger partial charge in [-0.2, -0.15) is 0 Å². The summed E-state index contributed by atoms with van der Waals surface area (Å²) in [7, 11) is 0. The summed E-state index contributed by atoms with van der Waals surface area (Å²) in [4.78, 5) is 7.63. The predicted octanol–water partition coefficient (Wildman–Crippen LogP) is 3.95. The molecule has 3 nitrogen and oxygen atoms in total. The highest BCUT2D eigenvalue weighted by molar-refractivity contribution is 7.09. The quantitative estimate of drug-likeness (QED) is 0.915. The molecule has 2 atom stereocenters. The van der Waals surface area contributed by atoms with Crippen LogP contribution in [-0.2, 0) is 5.41 Å². The van der Waals surface area contributed by atoms with Crippen LogP contribution in [0.2, 0.25) is 0 Å². The van der Waals surface area contributed by atoms with Gasteiger partial charge in [0.15, 0.2) is 0 Å². The number of thiazole rings is 1. The van der Waals surface area contributed by atoms with Gasteiger partial charge in [-0.3, -0.25) is 4.90 Å². The molecule has 0 bridgehead atoms. The zero-order chi connectivity index (χ0) is 15.5. The Morgan fingerprint density at radius 2 is 2.14 bits per heavy atom. The summed E-state index contributed by atoms with van der Waals surface area (Å²) in [5.74, 6) is 0.550. The molecule has 1 fully saturated rings. The molecule has 0 spiro atoms. The van der Waals surface area contributed by atoms with Crippen LogP contribution in [0.3, 0.4) is 0 Å². The molecule has 0 amide bonds. The second kappa shape index (κ2) is 7.21. The minimum absolute atomic E-state index is 0.140. The Morgan fingerprint density at radius 1 is 1.38 bits per heavy atom. The fraction of sp³-hybridized carbons (Fsp3) is 0.824. The molecule has 4 heteroatoms. The second-order valence-electron chi connectivity index (χ2n) is 7.30. The van der Waals surface area contributed by atoms with E-state index in [0.717, 1.165) is 13.1 Å². The lowest BCUT2D eigenvalue weighted by Gasteiger charge is -2.33. The van der Waals surface area contributed by atoms with Crippen LogP contribution in [0.15, 0.2) is 5.38 Å². The third-order valence-electron chi connectivity index (χ3n) is 4.39. The van der Waals surface area contributed by atoms with Gasteiger partial charge in [0.25, 0.3) is 0 Å². The Hall–Kier alpha value is -0.450. The van der Waals surface area contributed by atoms with Crippen LogP contribution in [0, 0.1) is 5.92 Å². The van der Waals surface area contributed by atoms with Gasteiger partial charge in [0.05, 0.1) is 16.7 Å². The SMILES string of the molecule is CCCN1CCCCC(CN)C1c1csc(C(C)(C)C)n1. The minimum atomic E-state index is 0.140. The maximum absolute atomic E-state index is 6.10. The molecular formula is C17H31N3S. The smallest absolute Gasteiger partial charge is 0.0982 e. The van der Waals surface area contributed by atoms with E-state index in [2.05, 4.69) is 38.0 Å². The summed E-state index contributed by atoms with van der Waals surface area (Å²) in [6.07, 6.45) is 5.03. The van der Waals surface area contributed by atoms with Crippen molar-refractivity contribution in [3.05, 3.63) is 16.1 Å². The molecule has 2 unspecified atom stereocenters. The van der Waals surface area contributed by atoms with E-state index in [9.17, 15) is 0 Å². The fourth-order valence-electron chi connectivity index (χ4n) is 3.30. The van der Waals surface area contributed by atoms with Gasteiger partial charge in [0.1, 0.15) is 0 Å². The number of rotatable bonds is 4. The van der Waals surface area contributed by atoms with Crippen molar-refractivity contribution in [2.24, 2.45) is 11.7 Å². The molecule has 1 aromatic heterocycles. The highest BCUT2D eigenvalue weighted by Gasteiger charge is 2.32. The van der Waals surface area contributed by atoms with Crippen molar-refractivity contribution in [2.45, 2.75) is 64.8 Å². The first-order valence-electron chi connectivity index (χ1n) is 8.37. The van der Waals surface area contributed by atoms with Gasteiger partial charge in [-0.1, -0.05) is 34.1 Å². The molecule has 1 saturated heterocycles. The number of likely N-dealkylation sites (tertiary alicyclic amines) is 1. The van der Waals surface area contributed by atoms with E-state index < -0.39 is 0 Å². The van der Waals surface area contributed by atoms with Crippen molar-refractivity contribution in [3.63, 3.8) is 0 Å². The molecule has 1 aliphatic heterocycles. The van der Waals surface area contributed by atoms with Crippen LogP contribution >= 0.6 is 11.3 Å². The lowest BCUT2D eigenvalue weighted by molar-refractivity contribution is 0.155. The van der Waals surface area contributed by atoms with E-state index in [-0.39, 0.29) is 5.41 Å². The highest BCUT2D eigenvalue weighted by Crippen LogP contribution is 2.37. The molecule has 0 aliphatic carbocycles. The topological polar surface area (TPSA) is 42.1 Å². The average molecular weight is 310 g/mol. The zero-order valence-electron chi connectivity index (χ0n) is 14.1. The van der Waals surface area contributed by atoms with Crippen LogP contribution in [0.5, 0.6) is 0 Å². The van der Waals surface area contributed by atoms with Gasteiger partial charge < -0.3 is 5.73 Å². The first-order valence-corrected chi connectivity index (χ1v) is 9.25. The number of nitrogens with two attached hydrogens (primary N) is 1. The summed E-state index contributed by atoms with van der Waals surface area (Å²) in [5.41, 5.74) is 7.50. The molecule has 0 radical (unpaired) electrons. The van der Waals surface area contributed by atoms with E-state index in [1.165, 1.54) is 42.9 Å². The molecule has 1 aromatic rings. The standard InChI is InChI=1S/C17H31N3S/c1-5-9-20-10-7-6-8-13(11-18)15(20)14-12-21-16(19-14)17(2,3)4/h12-13,15H,5-11,18H2,1-4H3. The van der Waals surface area contributed by atoms with E-state index >= 15 is 0 Å². The first kappa shape index (κ1) is 16.9. The maximum atomic E-state index is 6.10. The molecular weight excluding hydrogens is 278 g/mol. The van der Waals surface area contributed by atoms with E-state index in [4.69, 9.17) is 10.7 Å². The second-order valence-corrected chi connectivity index (χ2v) is 8.16. The Morgan fingerprint density at radius 3 is 2.71 bits per heavy atom. The monoisotopic (exact) mass is 309 g/mol. The molecule has 0 aromatic carbocycles. The first-order chi connectivity index (χ1) is 9.97. The van der Waals surface area contributed by atoms with E-state index in [1.54, 1.807) is 0 Å². The van der Waals surface area contributed by atoms with Gasteiger partial charge in [-0.15, -0.1) is 11.3 Å². The van der Waals surface area contributed by atoms with Crippen LogP contribution in [-0.4, -0.2) is 29.5 Å². The van der Waals surface area contributed by atoms with Gasteiger partial charge >= 0.3 is 0 Å². The molecule has 1 aliphatic rings. The zero-order valence-corrected chi connectivity index (χ0v) is 14.9. The third kappa shape index (κ3) is 4.05. The van der Waals surface area contributed by atoms with Gasteiger partial charge in [0, 0.05) is 10.8 Å². The summed E-state index contributed by atoms with van der Waals surface area (Å²) in [6.45, 7) is 12.1. The van der Waals surface area contributed by atoms with Crippen molar-refractivity contribution in [1.82, 2.24) is 9.88 Å². The van der Waals surface area contributed by atoms with Crippen LogP contribution < -0.4 is 5.73 Å². The van der Waals surface area contributed by atoms with Gasteiger partial charge in [0.2, 0.25) is 0 Å². The normalized spacial score (nSPS) is 25.0. The van der Waals surface area contributed by atoms with E-state index in [1.807, 2.05) is 11.3 Å². The maximum Gasteiger partial charge on any atom is 0.0982 e. The summed E-state index contributed by atoms with van der Waals surface area (Å²) in [6, 6.07) is 0.421. The molecule has 120 valence electrons. The van der Waals surface area contributed by atoms with Gasteiger partial charge in [-0.25, -0.2) is 4.98 Å². The average Bonchev–Trinajstić information content (AvgIpc) is 2.82. The van der Waals surface area contributed by atoms with Crippen LogP contribution in [0.25, 0.3) is 0 Å². The summed E-state index contributed by atoms with van der Waals surface area (Å²) < 4.78 is 0. The Kier molecular flexibility index (Phi) is 5.81.